The van der Waals surface area contributed by atoms with Crippen LogP contribution in [-0.2, 0) is 6.54 Å². The maximum atomic E-state index is 10.3. The average molecular weight is 305 g/mol. The number of nitrogens with zero attached hydrogens (tertiary/aromatic N) is 2. The van der Waals surface area contributed by atoms with Crippen LogP contribution in [0.3, 0.4) is 0 Å². The molecule has 116 valence electrons. The van der Waals surface area contributed by atoms with E-state index in [1.54, 1.807) is 7.11 Å². The highest BCUT2D eigenvalue weighted by Crippen LogP contribution is 2.10. The number of carbonyl (C=O) groups is 2. The predicted octanol–water partition coefficient (Wildman–Crippen LogP) is 1.03. The van der Waals surface area contributed by atoms with E-state index in [9.17, 15) is 9.59 Å². The maximum absolute atomic E-state index is 10.3. The number of methoxy groups -OCH3 is 1. The second-order valence-electron chi connectivity index (χ2n) is 3.95. The van der Waals surface area contributed by atoms with Gasteiger partial charge in [0.25, 0.3) is 0 Å². The van der Waals surface area contributed by atoms with Crippen LogP contribution in [0, 0.1) is 0 Å². The van der Waals surface area contributed by atoms with Gasteiger partial charge >= 0.3 is 11.9 Å². The first-order valence-corrected chi connectivity index (χ1v) is 6.09. The third-order valence-electron chi connectivity index (χ3n) is 2.50. The van der Waals surface area contributed by atoms with Crippen molar-refractivity contribution in [3.05, 3.63) is 53.6 Å². The van der Waals surface area contributed by atoms with E-state index in [4.69, 9.17) is 20.7 Å². The Kier molecular flexibility index (Phi) is 6.45. The van der Waals surface area contributed by atoms with Gasteiger partial charge in [-0.15, -0.1) is 0 Å². The Morgan fingerprint density at radius 3 is 1.95 bits per heavy atom. The number of rotatable bonds is 4. The molecule has 0 atom stereocenters. The number of benzene rings is 1. The molecule has 8 heteroatoms. The van der Waals surface area contributed by atoms with Gasteiger partial charge in [-0.1, -0.05) is 12.1 Å². The van der Waals surface area contributed by atoms with E-state index in [2.05, 4.69) is 9.97 Å². The molecular weight excluding hydrogens is 290 g/mol. The lowest BCUT2D eigenvalue weighted by molar-refractivity contribution is 0.0689. The van der Waals surface area contributed by atoms with Crippen LogP contribution in [0.1, 0.15) is 26.5 Å². The van der Waals surface area contributed by atoms with Gasteiger partial charge in [0.05, 0.1) is 7.11 Å². The van der Waals surface area contributed by atoms with Crippen molar-refractivity contribution in [3.63, 3.8) is 0 Å². The third-order valence-corrected chi connectivity index (χ3v) is 2.50. The van der Waals surface area contributed by atoms with E-state index in [1.165, 1.54) is 0 Å². The molecule has 0 aliphatic carbocycles. The quantitative estimate of drug-likeness (QED) is 0.762. The molecule has 0 saturated carbocycles. The zero-order valence-electron chi connectivity index (χ0n) is 11.8. The van der Waals surface area contributed by atoms with E-state index >= 15 is 0 Å². The van der Waals surface area contributed by atoms with Crippen molar-refractivity contribution in [2.75, 3.05) is 7.11 Å². The molecule has 2 aromatic rings. The largest absolute Gasteiger partial charge is 0.497 e. The zero-order chi connectivity index (χ0) is 16.5. The molecule has 4 N–H and O–H groups in total. The summed E-state index contributed by atoms with van der Waals surface area (Å²) < 4.78 is 4.97. The molecule has 1 aromatic carbocycles. The fourth-order valence-corrected chi connectivity index (χ4v) is 1.35. The smallest absolute Gasteiger partial charge is 0.354 e. The lowest BCUT2D eigenvalue weighted by atomic mass is 10.2. The van der Waals surface area contributed by atoms with Crippen LogP contribution in [0.25, 0.3) is 0 Å². The van der Waals surface area contributed by atoms with Crippen molar-refractivity contribution in [1.82, 2.24) is 9.97 Å². The zero-order valence-corrected chi connectivity index (χ0v) is 11.8. The SMILES string of the molecule is COc1ccc(CN)cc1.O=C(O)c1cc(C(=O)O)ncn1. The van der Waals surface area contributed by atoms with Crippen molar-refractivity contribution in [2.24, 2.45) is 5.73 Å². The summed E-state index contributed by atoms with van der Waals surface area (Å²) in [5.74, 6) is -1.68. The second kappa shape index (κ2) is 8.32. The Balaban J connectivity index is 0.000000224. The molecule has 8 nitrogen and oxygen atoms in total. The summed E-state index contributed by atoms with van der Waals surface area (Å²) in [6, 6.07) is 8.62. The van der Waals surface area contributed by atoms with Crippen LogP contribution in [-0.4, -0.2) is 39.2 Å². The van der Waals surface area contributed by atoms with Gasteiger partial charge in [-0.3, -0.25) is 0 Å². The monoisotopic (exact) mass is 305 g/mol. The molecule has 1 heterocycles. The Morgan fingerprint density at radius 1 is 1.09 bits per heavy atom. The molecule has 0 radical (unpaired) electrons. The number of ether oxygens (including phenoxy) is 1. The van der Waals surface area contributed by atoms with Crippen molar-refractivity contribution in [3.8, 4) is 5.75 Å². The average Bonchev–Trinajstić information content (AvgIpc) is 2.55. The van der Waals surface area contributed by atoms with Gasteiger partial charge < -0.3 is 20.7 Å². The number of aromatic nitrogens is 2. The van der Waals surface area contributed by atoms with Crippen molar-refractivity contribution in [2.45, 2.75) is 6.54 Å². The molecule has 0 saturated heterocycles. The summed E-state index contributed by atoms with van der Waals surface area (Å²) in [7, 11) is 1.65. The van der Waals surface area contributed by atoms with Crippen molar-refractivity contribution >= 4 is 11.9 Å². The molecule has 1 aromatic heterocycles. The highest BCUT2D eigenvalue weighted by Gasteiger charge is 2.09. The molecule has 0 fully saturated rings. The number of aromatic carboxylic acids is 2. The number of hydrogen-bond acceptors (Lipinski definition) is 6. The summed E-state index contributed by atoms with van der Waals surface area (Å²) in [6.45, 7) is 0.587. The number of carboxylic acid groups (broad SMARTS) is 2. The van der Waals surface area contributed by atoms with Gasteiger partial charge in [0, 0.05) is 12.6 Å². The third kappa shape index (κ3) is 5.17. The molecule has 0 aliphatic rings. The van der Waals surface area contributed by atoms with E-state index in [-0.39, 0.29) is 11.4 Å². The molecule has 2 rings (SSSR count). The van der Waals surface area contributed by atoms with Gasteiger partial charge in [-0.2, -0.15) is 0 Å². The fraction of sp³-hybridized carbons (Fsp3) is 0.143. The molecule has 0 aliphatic heterocycles. The number of nitrogens with two attached hydrogens (primary N) is 1. The van der Waals surface area contributed by atoms with Gasteiger partial charge in [0.1, 0.15) is 12.1 Å². The number of carboxylic acids is 2. The van der Waals surface area contributed by atoms with E-state index in [0.29, 0.717) is 6.54 Å². The van der Waals surface area contributed by atoms with Gasteiger partial charge in [-0.05, 0) is 17.7 Å². The fourth-order valence-electron chi connectivity index (χ4n) is 1.35. The minimum absolute atomic E-state index is 0.331. The van der Waals surface area contributed by atoms with E-state index in [1.807, 2.05) is 24.3 Å². The van der Waals surface area contributed by atoms with E-state index < -0.39 is 11.9 Å². The van der Waals surface area contributed by atoms with Crippen LogP contribution < -0.4 is 10.5 Å². The van der Waals surface area contributed by atoms with Crippen molar-refractivity contribution in [1.29, 1.82) is 0 Å². The lowest BCUT2D eigenvalue weighted by Crippen LogP contribution is -2.06. The molecule has 0 bridgehead atoms. The standard InChI is InChI=1S/C8H11NO.C6H4N2O4/c1-10-8-4-2-7(6-9)3-5-8;9-5(10)3-1-4(6(11)12)8-2-7-3/h2-5H,6,9H2,1H3;1-2H,(H,9,10)(H,11,12). The topological polar surface area (TPSA) is 136 Å². The van der Waals surface area contributed by atoms with Gasteiger partial charge in [-0.25, -0.2) is 19.6 Å². The predicted molar refractivity (Wildman–Crippen MR) is 76.8 cm³/mol. The molecular formula is C14H15N3O5. The normalized spacial score (nSPS) is 9.36. The van der Waals surface area contributed by atoms with Gasteiger partial charge in [0.2, 0.25) is 0 Å². The number of hydrogen-bond donors (Lipinski definition) is 3. The summed E-state index contributed by atoms with van der Waals surface area (Å²) in [5.41, 5.74) is 5.86. The summed E-state index contributed by atoms with van der Waals surface area (Å²) >= 11 is 0. The highest BCUT2D eigenvalue weighted by molar-refractivity contribution is 5.90. The Bertz CT molecular complexity index is 591. The summed E-state index contributed by atoms with van der Waals surface area (Å²) in [5, 5.41) is 16.8. The second-order valence-corrected chi connectivity index (χ2v) is 3.95. The molecule has 22 heavy (non-hydrogen) atoms. The maximum Gasteiger partial charge on any atom is 0.354 e. The van der Waals surface area contributed by atoms with Gasteiger partial charge in [0.15, 0.2) is 11.4 Å². The van der Waals surface area contributed by atoms with E-state index in [0.717, 1.165) is 23.7 Å². The van der Waals surface area contributed by atoms with Crippen LogP contribution in [0.5, 0.6) is 5.75 Å². The summed E-state index contributed by atoms with van der Waals surface area (Å²) in [4.78, 5) is 27.3. The molecule has 0 unspecified atom stereocenters. The molecule has 0 amide bonds. The Labute approximate surface area is 126 Å². The first-order chi connectivity index (χ1) is 10.5. The van der Waals surface area contributed by atoms with Crippen molar-refractivity contribution < 1.29 is 24.5 Å². The Morgan fingerprint density at radius 2 is 1.59 bits per heavy atom. The lowest BCUT2D eigenvalue weighted by Gasteiger charge is -1.99. The van der Waals surface area contributed by atoms with Crippen LogP contribution >= 0.6 is 0 Å². The Hall–Kier alpha value is -3.00. The van der Waals surface area contributed by atoms with Crippen LogP contribution in [0.2, 0.25) is 0 Å². The summed E-state index contributed by atoms with van der Waals surface area (Å²) in [6.07, 6.45) is 0.896. The van der Waals surface area contributed by atoms with Crippen LogP contribution in [0.4, 0.5) is 0 Å². The minimum Gasteiger partial charge on any atom is -0.497 e. The van der Waals surface area contributed by atoms with Crippen LogP contribution in [0.15, 0.2) is 36.7 Å². The first-order valence-electron chi connectivity index (χ1n) is 6.09. The minimum atomic E-state index is -1.28. The molecule has 0 spiro atoms. The highest BCUT2D eigenvalue weighted by atomic mass is 16.5. The first kappa shape index (κ1) is 17.1.